The van der Waals surface area contributed by atoms with Gasteiger partial charge in [0.25, 0.3) is 0 Å². The predicted molar refractivity (Wildman–Crippen MR) is 78.9 cm³/mol. The Morgan fingerprint density at radius 3 is 2.84 bits per heavy atom. The van der Waals surface area contributed by atoms with E-state index in [-0.39, 0.29) is 5.91 Å². The Bertz CT molecular complexity index is 553. The van der Waals surface area contributed by atoms with Crippen LogP contribution in [0.5, 0.6) is 5.75 Å². The Morgan fingerprint density at radius 2 is 2.21 bits per heavy atom. The van der Waals surface area contributed by atoms with Crippen LogP contribution >= 0.6 is 11.3 Å². The monoisotopic (exact) mass is 276 g/mol. The highest BCUT2D eigenvalue weighted by Crippen LogP contribution is 2.28. The highest BCUT2D eigenvalue weighted by molar-refractivity contribution is 7.09. The molecule has 1 amide bonds. The van der Waals surface area contributed by atoms with Crippen molar-refractivity contribution in [2.75, 3.05) is 17.7 Å². The van der Waals surface area contributed by atoms with Crippen molar-refractivity contribution < 1.29 is 9.53 Å². The Hall–Kier alpha value is -2.01. The van der Waals surface area contributed by atoms with E-state index >= 15 is 0 Å². The number of carbonyl (C=O) groups excluding carboxylic acids is 1. The van der Waals surface area contributed by atoms with Gasteiger partial charge in [0.2, 0.25) is 5.91 Å². The van der Waals surface area contributed by atoms with Gasteiger partial charge in [0.05, 0.1) is 12.8 Å². The molecular weight excluding hydrogens is 260 g/mol. The maximum Gasteiger partial charge on any atom is 0.221 e. The molecule has 0 saturated heterocycles. The maximum atomic E-state index is 11.1. The largest absolute Gasteiger partial charge is 0.494 e. The van der Waals surface area contributed by atoms with Crippen molar-refractivity contribution in [3.63, 3.8) is 0 Å². The molecular formula is C14H16N2O2S. The number of benzene rings is 1. The summed E-state index contributed by atoms with van der Waals surface area (Å²) >= 11 is 1.71. The number of methoxy groups -OCH3 is 1. The topological polar surface area (TPSA) is 50.4 Å². The zero-order chi connectivity index (χ0) is 13.7. The summed E-state index contributed by atoms with van der Waals surface area (Å²) in [7, 11) is 1.59. The first-order valence-electron chi connectivity index (χ1n) is 5.91. The predicted octanol–water partition coefficient (Wildman–Crippen LogP) is 3.33. The molecule has 19 heavy (non-hydrogen) atoms. The summed E-state index contributed by atoms with van der Waals surface area (Å²) in [6.07, 6.45) is 0. The van der Waals surface area contributed by atoms with Crippen LogP contribution in [-0.2, 0) is 11.3 Å². The van der Waals surface area contributed by atoms with Crippen molar-refractivity contribution in [3.05, 3.63) is 40.6 Å². The van der Waals surface area contributed by atoms with E-state index in [4.69, 9.17) is 4.74 Å². The van der Waals surface area contributed by atoms with Gasteiger partial charge in [0.1, 0.15) is 5.75 Å². The molecule has 0 bridgehead atoms. The fourth-order valence-corrected chi connectivity index (χ4v) is 2.34. The lowest BCUT2D eigenvalue weighted by Gasteiger charge is -2.12. The number of anilines is 2. The molecule has 1 aromatic heterocycles. The van der Waals surface area contributed by atoms with Crippen molar-refractivity contribution in [1.82, 2.24) is 0 Å². The maximum absolute atomic E-state index is 11.1. The van der Waals surface area contributed by atoms with Crippen LogP contribution in [0, 0.1) is 0 Å². The lowest BCUT2D eigenvalue weighted by molar-refractivity contribution is -0.114. The summed E-state index contributed by atoms with van der Waals surface area (Å²) in [5.74, 6) is 0.531. The van der Waals surface area contributed by atoms with Crippen LogP contribution in [-0.4, -0.2) is 13.0 Å². The van der Waals surface area contributed by atoms with Crippen LogP contribution in [0.2, 0.25) is 0 Å². The molecule has 4 nitrogen and oxygen atoms in total. The molecule has 0 aliphatic rings. The summed E-state index contributed by atoms with van der Waals surface area (Å²) in [4.78, 5) is 12.3. The van der Waals surface area contributed by atoms with Crippen molar-refractivity contribution in [1.29, 1.82) is 0 Å². The lowest BCUT2D eigenvalue weighted by Crippen LogP contribution is -2.07. The third-order valence-corrected chi connectivity index (χ3v) is 3.44. The number of rotatable bonds is 5. The summed E-state index contributed by atoms with van der Waals surface area (Å²) in [5, 5.41) is 8.10. The van der Waals surface area contributed by atoms with Crippen LogP contribution in [0.3, 0.4) is 0 Å². The summed E-state index contributed by atoms with van der Waals surface area (Å²) in [6, 6.07) is 9.74. The van der Waals surface area contributed by atoms with Crippen molar-refractivity contribution in [2.45, 2.75) is 13.5 Å². The number of hydrogen-bond donors (Lipinski definition) is 2. The molecule has 0 spiro atoms. The second-order valence-electron chi connectivity index (χ2n) is 4.03. The first kappa shape index (κ1) is 13.4. The molecule has 0 atom stereocenters. The number of ether oxygens (including phenoxy) is 1. The Morgan fingerprint density at radius 1 is 1.37 bits per heavy atom. The van der Waals surface area contributed by atoms with Gasteiger partial charge < -0.3 is 15.4 Å². The molecule has 2 rings (SSSR count). The van der Waals surface area contributed by atoms with Gasteiger partial charge in [-0.05, 0) is 23.6 Å². The molecule has 0 aliphatic carbocycles. The highest BCUT2D eigenvalue weighted by atomic mass is 32.1. The van der Waals surface area contributed by atoms with E-state index in [1.54, 1.807) is 18.4 Å². The minimum atomic E-state index is -0.113. The van der Waals surface area contributed by atoms with Gasteiger partial charge in [0.15, 0.2) is 0 Å². The highest BCUT2D eigenvalue weighted by Gasteiger charge is 2.05. The van der Waals surface area contributed by atoms with Crippen LogP contribution in [0.1, 0.15) is 11.8 Å². The van der Waals surface area contributed by atoms with E-state index in [0.717, 1.165) is 12.2 Å². The van der Waals surface area contributed by atoms with E-state index in [1.807, 2.05) is 24.3 Å². The van der Waals surface area contributed by atoms with Crippen molar-refractivity contribution in [3.8, 4) is 5.75 Å². The Balaban J connectivity index is 2.07. The fraction of sp³-hybridized carbons (Fsp3) is 0.214. The quantitative estimate of drug-likeness (QED) is 0.880. The molecule has 0 radical (unpaired) electrons. The Labute approximate surface area is 116 Å². The van der Waals surface area contributed by atoms with Gasteiger partial charge in [-0.15, -0.1) is 11.3 Å². The van der Waals surface area contributed by atoms with Gasteiger partial charge in [-0.25, -0.2) is 0 Å². The van der Waals surface area contributed by atoms with Crippen molar-refractivity contribution >= 4 is 28.6 Å². The van der Waals surface area contributed by atoms with Crippen molar-refractivity contribution in [2.24, 2.45) is 0 Å². The SMILES string of the molecule is COc1cc(NCc2cccs2)ccc1NC(C)=O. The van der Waals surface area contributed by atoms with Gasteiger partial charge in [-0.3, -0.25) is 4.79 Å². The molecule has 5 heteroatoms. The van der Waals surface area contributed by atoms with Crippen LogP contribution in [0.25, 0.3) is 0 Å². The fourth-order valence-electron chi connectivity index (χ4n) is 1.70. The molecule has 0 unspecified atom stereocenters. The molecule has 2 N–H and O–H groups in total. The van der Waals surface area contributed by atoms with E-state index in [2.05, 4.69) is 22.1 Å². The van der Waals surface area contributed by atoms with Crippen LogP contribution in [0.15, 0.2) is 35.7 Å². The number of nitrogens with one attached hydrogen (secondary N) is 2. The second-order valence-corrected chi connectivity index (χ2v) is 5.06. The molecule has 0 aliphatic heterocycles. The average Bonchev–Trinajstić information content (AvgIpc) is 2.90. The third kappa shape index (κ3) is 3.72. The molecule has 0 saturated carbocycles. The standard InChI is InChI=1S/C14H16N2O2S/c1-10(17)16-13-6-5-11(8-14(13)18-2)15-9-12-4-3-7-19-12/h3-8,15H,9H2,1-2H3,(H,16,17). The number of thiophene rings is 1. The van der Waals surface area contributed by atoms with E-state index in [0.29, 0.717) is 11.4 Å². The third-order valence-electron chi connectivity index (χ3n) is 2.56. The van der Waals surface area contributed by atoms with Gasteiger partial charge >= 0.3 is 0 Å². The van der Waals surface area contributed by atoms with E-state index in [9.17, 15) is 4.79 Å². The van der Waals surface area contributed by atoms with Gasteiger partial charge in [-0.2, -0.15) is 0 Å². The summed E-state index contributed by atoms with van der Waals surface area (Å²) in [5.41, 5.74) is 1.64. The Kier molecular flexibility index (Phi) is 4.41. The zero-order valence-electron chi connectivity index (χ0n) is 10.9. The lowest BCUT2D eigenvalue weighted by atomic mass is 10.2. The zero-order valence-corrected chi connectivity index (χ0v) is 11.7. The first-order valence-corrected chi connectivity index (χ1v) is 6.79. The molecule has 2 aromatic rings. The molecule has 1 heterocycles. The summed E-state index contributed by atoms with van der Waals surface area (Å²) < 4.78 is 5.27. The van der Waals surface area contributed by atoms with Gasteiger partial charge in [-0.1, -0.05) is 6.07 Å². The first-order chi connectivity index (χ1) is 9.19. The molecule has 0 fully saturated rings. The molecule has 1 aromatic carbocycles. The number of hydrogen-bond acceptors (Lipinski definition) is 4. The number of amides is 1. The van der Waals surface area contributed by atoms with Gasteiger partial charge in [0, 0.05) is 30.1 Å². The van der Waals surface area contributed by atoms with Crippen LogP contribution < -0.4 is 15.4 Å². The average molecular weight is 276 g/mol. The number of carbonyl (C=O) groups is 1. The van der Waals surface area contributed by atoms with E-state index in [1.165, 1.54) is 11.8 Å². The second kappa shape index (κ2) is 6.24. The minimum Gasteiger partial charge on any atom is -0.494 e. The van der Waals surface area contributed by atoms with E-state index < -0.39 is 0 Å². The molecule has 100 valence electrons. The normalized spacial score (nSPS) is 10.0. The smallest absolute Gasteiger partial charge is 0.221 e. The summed E-state index contributed by atoms with van der Waals surface area (Å²) in [6.45, 7) is 2.25. The van der Waals surface area contributed by atoms with Crippen LogP contribution in [0.4, 0.5) is 11.4 Å². The minimum absolute atomic E-state index is 0.113.